The zero-order chi connectivity index (χ0) is 17.8. The molecule has 0 unspecified atom stereocenters. The molecule has 5 nitrogen and oxygen atoms in total. The summed E-state index contributed by atoms with van der Waals surface area (Å²) < 4.78 is 33.1. The number of imidazole rings is 1. The van der Waals surface area contributed by atoms with Crippen LogP contribution in [0.2, 0.25) is 0 Å². The highest BCUT2D eigenvalue weighted by Crippen LogP contribution is 2.21. The molecule has 0 saturated carbocycles. The lowest BCUT2D eigenvalue weighted by Crippen LogP contribution is -2.25. The number of carbonyl (C=O) groups excluding carboxylic acids is 1. The first kappa shape index (κ1) is 17.0. The zero-order valence-electron chi connectivity index (χ0n) is 13.6. The standard InChI is InChI=1S/C18H17F2N3O2/c1-25-8-2-7-21-18(24)12-3-6-17-16(9-12)22-11-23(17)13-4-5-14(19)15(20)10-13/h3-6,9-11H,2,7-8H2,1H3,(H,21,24). The second kappa shape index (κ2) is 7.40. The summed E-state index contributed by atoms with van der Waals surface area (Å²) in [5.41, 5.74) is 2.23. The average molecular weight is 345 g/mol. The molecule has 2 aromatic carbocycles. The fourth-order valence-electron chi connectivity index (χ4n) is 2.52. The summed E-state index contributed by atoms with van der Waals surface area (Å²) in [5, 5.41) is 2.81. The number of methoxy groups -OCH3 is 1. The molecule has 1 aromatic heterocycles. The number of hydrogen-bond acceptors (Lipinski definition) is 3. The molecule has 1 amide bonds. The van der Waals surface area contributed by atoms with Crippen LogP contribution < -0.4 is 5.32 Å². The number of ether oxygens (including phenoxy) is 1. The number of aromatic nitrogens is 2. The molecule has 0 radical (unpaired) electrons. The smallest absolute Gasteiger partial charge is 0.251 e. The SMILES string of the molecule is COCCCNC(=O)c1ccc2c(c1)ncn2-c1ccc(F)c(F)c1. The van der Waals surface area contributed by atoms with Crippen LogP contribution in [0.5, 0.6) is 0 Å². The van der Waals surface area contributed by atoms with Gasteiger partial charge in [0.05, 0.1) is 16.7 Å². The Morgan fingerprint density at radius 3 is 2.80 bits per heavy atom. The van der Waals surface area contributed by atoms with Crippen LogP contribution in [-0.4, -0.2) is 35.7 Å². The Hall–Kier alpha value is -2.80. The molecular weight excluding hydrogens is 328 g/mol. The molecule has 0 aliphatic rings. The molecule has 0 saturated heterocycles. The maximum absolute atomic E-state index is 13.4. The van der Waals surface area contributed by atoms with Crippen LogP contribution in [0.3, 0.4) is 0 Å². The van der Waals surface area contributed by atoms with Crippen molar-refractivity contribution >= 4 is 16.9 Å². The van der Waals surface area contributed by atoms with Gasteiger partial charge >= 0.3 is 0 Å². The molecule has 3 aromatic rings. The Kier molecular flexibility index (Phi) is 5.04. The Labute approximate surface area is 143 Å². The Bertz CT molecular complexity index is 908. The first-order valence-corrected chi connectivity index (χ1v) is 7.80. The van der Waals surface area contributed by atoms with Gasteiger partial charge in [-0.2, -0.15) is 0 Å². The summed E-state index contributed by atoms with van der Waals surface area (Å²) in [6.07, 6.45) is 2.24. The van der Waals surface area contributed by atoms with E-state index in [1.165, 1.54) is 12.4 Å². The fourth-order valence-corrected chi connectivity index (χ4v) is 2.52. The Morgan fingerprint density at radius 1 is 1.20 bits per heavy atom. The lowest BCUT2D eigenvalue weighted by atomic mass is 10.2. The molecule has 0 bridgehead atoms. The van der Waals surface area contributed by atoms with Crippen LogP contribution in [0.4, 0.5) is 8.78 Å². The van der Waals surface area contributed by atoms with E-state index < -0.39 is 11.6 Å². The van der Waals surface area contributed by atoms with Gasteiger partial charge in [0.1, 0.15) is 6.33 Å². The van der Waals surface area contributed by atoms with Crippen molar-refractivity contribution in [3.8, 4) is 5.69 Å². The van der Waals surface area contributed by atoms with Crippen molar-refractivity contribution in [1.29, 1.82) is 0 Å². The molecular formula is C18H17F2N3O2. The number of amides is 1. The number of hydrogen-bond donors (Lipinski definition) is 1. The third-order valence-corrected chi connectivity index (χ3v) is 3.80. The van der Waals surface area contributed by atoms with E-state index in [9.17, 15) is 13.6 Å². The summed E-state index contributed by atoms with van der Waals surface area (Å²) >= 11 is 0. The Morgan fingerprint density at radius 2 is 2.04 bits per heavy atom. The minimum atomic E-state index is -0.925. The van der Waals surface area contributed by atoms with E-state index >= 15 is 0 Å². The van der Waals surface area contributed by atoms with Gasteiger partial charge in [-0.25, -0.2) is 13.8 Å². The fraction of sp³-hybridized carbons (Fsp3) is 0.222. The number of fused-ring (bicyclic) bond motifs is 1. The predicted octanol–water partition coefficient (Wildman–Crippen LogP) is 3.07. The highest BCUT2D eigenvalue weighted by atomic mass is 19.2. The molecule has 130 valence electrons. The second-order valence-electron chi connectivity index (χ2n) is 5.52. The summed E-state index contributed by atoms with van der Waals surface area (Å²) in [5.74, 6) is -2.02. The summed E-state index contributed by atoms with van der Waals surface area (Å²) in [6.45, 7) is 1.10. The van der Waals surface area contributed by atoms with Crippen LogP contribution in [0.1, 0.15) is 16.8 Å². The third kappa shape index (κ3) is 3.66. The van der Waals surface area contributed by atoms with Gasteiger partial charge < -0.3 is 10.1 Å². The minimum absolute atomic E-state index is 0.194. The molecule has 0 fully saturated rings. The number of halogens is 2. The highest BCUT2D eigenvalue weighted by Gasteiger charge is 2.11. The lowest BCUT2D eigenvalue weighted by molar-refractivity contribution is 0.0948. The Balaban J connectivity index is 1.83. The molecule has 7 heteroatoms. The van der Waals surface area contributed by atoms with Gasteiger partial charge in [0.25, 0.3) is 5.91 Å². The van der Waals surface area contributed by atoms with Crippen molar-refractivity contribution in [3.63, 3.8) is 0 Å². The number of carbonyl (C=O) groups is 1. The van der Waals surface area contributed by atoms with E-state index in [2.05, 4.69) is 10.3 Å². The molecule has 1 heterocycles. The maximum Gasteiger partial charge on any atom is 0.251 e. The van der Waals surface area contributed by atoms with E-state index in [-0.39, 0.29) is 5.91 Å². The van der Waals surface area contributed by atoms with Gasteiger partial charge in [-0.1, -0.05) is 0 Å². The molecule has 0 atom stereocenters. The largest absolute Gasteiger partial charge is 0.385 e. The van der Waals surface area contributed by atoms with Crippen molar-refractivity contribution in [2.45, 2.75) is 6.42 Å². The normalized spacial score (nSPS) is 11.0. The highest BCUT2D eigenvalue weighted by molar-refractivity contribution is 5.97. The number of rotatable bonds is 6. The van der Waals surface area contributed by atoms with Gasteiger partial charge in [-0.15, -0.1) is 0 Å². The van der Waals surface area contributed by atoms with Crippen LogP contribution in [-0.2, 0) is 4.74 Å². The van der Waals surface area contributed by atoms with Gasteiger partial charge in [0, 0.05) is 31.9 Å². The van der Waals surface area contributed by atoms with E-state index in [1.807, 2.05) is 0 Å². The van der Waals surface area contributed by atoms with Crippen molar-refractivity contribution in [1.82, 2.24) is 14.9 Å². The van der Waals surface area contributed by atoms with Crippen molar-refractivity contribution in [2.75, 3.05) is 20.3 Å². The number of nitrogens with zero attached hydrogens (tertiary/aromatic N) is 2. The quantitative estimate of drug-likeness (QED) is 0.699. The van der Waals surface area contributed by atoms with Crippen LogP contribution in [0.25, 0.3) is 16.7 Å². The average Bonchev–Trinajstić information content (AvgIpc) is 3.04. The zero-order valence-corrected chi connectivity index (χ0v) is 13.6. The van der Waals surface area contributed by atoms with E-state index in [4.69, 9.17) is 4.74 Å². The number of nitrogens with one attached hydrogen (secondary N) is 1. The minimum Gasteiger partial charge on any atom is -0.385 e. The topological polar surface area (TPSA) is 56.1 Å². The monoisotopic (exact) mass is 345 g/mol. The summed E-state index contributed by atoms with van der Waals surface area (Å²) in [6, 6.07) is 8.71. The maximum atomic E-state index is 13.4. The number of benzene rings is 2. The summed E-state index contributed by atoms with van der Waals surface area (Å²) in [4.78, 5) is 16.4. The molecule has 0 aliphatic carbocycles. The van der Waals surface area contributed by atoms with Gasteiger partial charge in [-0.05, 0) is 36.8 Å². The second-order valence-corrected chi connectivity index (χ2v) is 5.52. The lowest BCUT2D eigenvalue weighted by Gasteiger charge is -2.07. The molecule has 0 spiro atoms. The van der Waals surface area contributed by atoms with Crippen LogP contribution >= 0.6 is 0 Å². The predicted molar refractivity (Wildman–Crippen MR) is 89.8 cm³/mol. The van der Waals surface area contributed by atoms with E-state index in [0.717, 1.165) is 18.6 Å². The van der Waals surface area contributed by atoms with Crippen LogP contribution in [0, 0.1) is 11.6 Å². The molecule has 0 aliphatic heterocycles. The van der Waals surface area contributed by atoms with Gasteiger partial charge in [0.15, 0.2) is 11.6 Å². The van der Waals surface area contributed by atoms with Crippen molar-refractivity contribution in [3.05, 3.63) is 59.9 Å². The van der Waals surface area contributed by atoms with E-state index in [1.54, 1.807) is 29.9 Å². The van der Waals surface area contributed by atoms with E-state index in [0.29, 0.717) is 35.4 Å². The van der Waals surface area contributed by atoms with Crippen LogP contribution in [0.15, 0.2) is 42.7 Å². The molecule has 25 heavy (non-hydrogen) atoms. The van der Waals surface area contributed by atoms with Gasteiger partial charge in [0.2, 0.25) is 0 Å². The van der Waals surface area contributed by atoms with Crippen molar-refractivity contribution in [2.24, 2.45) is 0 Å². The molecule has 1 N–H and O–H groups in total. The first-order valence-electron chi connectivity index (χ1n) is 7.80. The first-order chi connectivity index (χ1) is 12.1. The van der Waals surface area contributed by atoms with Crippen molar-refractivity contribution < 1.29 is 18.3 Å². The van der Waals surface area contributed by atoms with Gasteiger partial charge in [-0.3, -0.25) is 9.36 Å². The molecule has 3 rings (SSSR count). The third-order valence-electron chi connectivity index (χ3n) is 3.80. The summed E-state index contributed by atoms with van der Waals surface area (Å²) in [7, 11) is 1.61.